The van der Waals surface area contributed by atoms with Gasteiger partial charge in [0.15, 0.2) is 0 Å². The zero-order valence-electron chi connectivity index (χ0n) is 13.9. The van der Waals surface area contributed by atoms with E-state index in [9.17, 15) is 4.79 Å². The Hall–Kier alpha value is -3.66. The van der Waals surface area contributed by atoms with E-state index in [0.29, 0.717) is 36.9 Å². The average Bonchev–Trinajstić information content (AvgIpc) is 3.12. The summed E-state index contributed by atoms with van der Waals surface area (Å²) in [4.78, 5) is 18.6. The largest absolute Gasteiger partial charge is 0.487 e. The number of fused-ring (bicyclic) bond motifs is 1. The zero-order valence-corrected chi connectivity index (χ0v) is 13.9. The first-order chi connectivity index (χ1) is 12.7. The van der Waals surface area contributed by atoms with E-state index < -0.39 is 0 Å². The average molecular weight is 345 g/mol. The van der Waals surface area contributed by atoms with Gasteiger partial charge in [0.1, 0.15) is 41.3 Å². The van der Waals surface area contributed by atoms with Crippen molar-refractivity contribution in [3.05, 3.63) is 71.7 Å². The summed E-state index contributed by atoms with van der Waals surface area (Å²) in [6.07, 6.45) is 0. The number of aromatic nitrogens is 3. The van der Waals surface area contributed by atoms with Crippen LogP contribution in [-0.2, 0) is 13.2 Å². The highest BCUT2D eigenvalue weighted by atomic mass is 16.5. The molecule has 0 saturated heterocycles. The predicted octanol–water partition coefficient (Wildman–Crippen LogP) is 2.39. The van der Waals surface area contributed by atoms with Gasteiger partial charge in [-0.25, -0.2) is 4.98 Å². The summed E-state index contributed by atoms with van der Waals surface area (Å²) < 4.78 is 7.39. The molecule has 0 unspecified atom stereocenters. The molecule has 1 amide bonds. The van der Waals surface area contributed by atoms with Crippen molar-refractivity contribution in [3.8, 4) is 11.8 Å². The Morgan fingerprint density at radius 2 is 1.96 bits per heavy atom. The van der Waals surface area contributed by atoms with Crippen molar-refractivity contribution in [2.75, 3.05) is 11.4 Å². The SMILES string of the molecule is N#Cc1cccc(N2CCn3nc(COc4ccccc4)cc3C2=O)n1. The molecular formula is C19H15N5O2. The van der Waals surface area contributed by atoms with E-state index in [1.165, 1.54) is 0 Å². The van der Waals surface area contributed by atoms with Gasteiger partial charge in [0, 0.05) is 6.54 Å². The summed E-state index contributed by atoms with van der Waals surface area (Å²) in [5.41, 5.74) is 1.47. The number of benzene rings is 1. The Bertz CT molecular complexity index is 991. The number of nitriles is 1. The number of rotatable bonds is 4. The molecule has 0 atom stereocenters. The van der Waals surface area contributed by atoms with Crippen molar-refractivity contribution < 1.29 is 9.53 Å². The van der Waals surface area contributed by atoms with Crippen LogP contribution >= 0.6 is 0 Å². The van der Waals surface area contributed by atoms with E-state index in [0.717, 1.165) is 5.75 Å². The number of hydrogen-bond acceptors (Lipinski definition) is 5. The number of anilines is 1. The Kier molecular flexibility index (Phi) is 4.07. The summed E-state index contributed by atoms with van der Waals surface area (Å²) in [7, 11) is 0. The summed E-state index contributed by atoms with van der Waals surface area (Å²) in [6.45, 7) is 1.30. The minimum atomic E-state index is -0.183. The van der Waals surface area contributed by atoms with Crippen LogP contribution in [-0.4, -0.2) is 27.2 Å². The van der Waals surface area contributed by atoms with Gasteiger partial charge in [-0.3, -0.25) is 14.4 Å². The number of ether oxygens (including phenoxy) is 1. The number of carbonyl (C=O) groups excluding carboxylic acids is 1. The second-order valence-electron chi connectivity index (χ2n) is 5.80. The molecule has 0 N–H and O–H groups in total. The van der Waals surface area contributed by atoms with Crippen LogP contribution in [0, 0.1) is 11.3 Å². The first kappa shape index (κ1) is 15.8. The molecule has 3 heterocycles. The first-order valence-corrected chi connectivity index (χ1v) is 8.18. The maximum Gasteiger partial charge on any atom is 0.277 e. The van der Waals surface area contributed by atoms with Gasteiger partial charge in [-0.2, -0.15) is 10.4 Å². The van der Waals surface area contributed by atoms with Crippen LogP contribution in [0.5, 0.6) is 5.75 Å². The normalized spacial score (nSPS) is 13.2. The Balaban J connectivity index is 1.53. The summed E-state index contributed by atoms with van der Waals surface area (Å²) in [5.74, 6) is 1.05. The molecule has 7 heteroatoms. The molecule has 0 aliphatic carbocycles. The molecule has 0 saturated carbocycles. The van der Waals surface area contributed by atoms with Gasteiger partial charge >= 0.3 is 0 Å². The van der Waals surface area contributed by atoms with Crippen LogP contribution in [0.1, 0.15) is 21.9 Å². The number of carbonyl (C=O) groups is 1. The maximum absolute atomic E-state index is 12.8. The summed E-state index contributed by atoms with van der Waals surface area (Å²) in [6, 6.07) is 18.3. The van der Waals surface area contributed by atoms with Gasteiger partial charge in [0.05, 0.1) is 6.54 Å². The van der Waals surface area contributed by atoms with Crippen LogP contribution in [0.2, 0.25) is 0 Å². The second kappa shape index (κ2) is 6.69. The molecule has 1 aromatic carbocycles. The van der Waals surface area contributed by atoms with E-state index in [2.05, 4.69) is 10.1 Å². The molecule has 7 nitrogen and oxygen atoms in total. The van der Waals surface area contributed by atoms with Crippen molar-refractivity contribution in [1.82, 2.24) is 14.8 Å². The first-order valence-electron chi connectivity index (χ1n) is 8.18. The molecule has 4 rings (SSSR count). The summed E-state index contributed by atoms with van der Waals surface area (Å²) >= 11 is 0. The van der Waals surface area contributed by atoms with E-state index in [1.54, 1.807) is 33.8 Å². The molecule has 1 aliphatic rings. The van der Waals surface area contributed by atoms with Crippen LogP contribution < -0.4 is 9.64 Å². The lowest BCUT2D eigenvalue weighted by Crippen LogP contribution is -2.41. The highest BCUT2D eigenvalue weighted by Crippen LogP contribution is 2.21. The number of para-hydroxylation sites is 1. The van der Waals surface area contributed by atoms with Gasteiger partial charge in [0.25, 0.3) is 5.91 Å². The van der Waals surface area contributed by atoms with Crippen LogP contribution in [0.4, 0.5) is 5.82 Å². The third kappa shape index (κ3) is 3.00. The number of nitrogens with zero attached hydrogens (tertiary/aromatic N) is 5. The van der Waals surface area contributed by atoms with E-state index in [4.69, 9.17) is 10.00 Å². The molecule has 0 radical (unpaired) electrons. The van der Waals surface area contributed by atoms with Gasteiger partial charge in [-0.15, -0.1) is 0 Å². The van der Waals surface area contributed by atoms with Crippen molar-refractivity contribution in [1.29, 1.82) is 5.26 Å². The molecule has 1 aliphatic heterocycles. The highest BCUT2D eigenvalue weighted by Gasteiger charge is 2.28. The lowest BCUT2D eigenvalue weighted by Gasteiger charge is -2.26. The lowest BCUT2D eigenvalue weighted by molar-refractivity contribution is 0.0961. The molecular weight excluding hydrogens is 330 g/mol. The molecule has 128 valence electrons. The molecule has 0 fully saturated rings. The minimum absolute atomic E-state index is 0.183. The summed E-state index contributed by atoms with van der Waals surface area (Å²) in [5, 5.41) is 13.4. The van der Waals surface area contributed by atoms with Crippen molar-refractivity contribution in [2.24, 2.45) is 0 Å². The predicted molar refractivity (Wildman–Crippen MR) is 93.6 cm³/mol. The van der Waals surface area contributed by atoms with Crippen LogP contribution in [0.3, 0.4) is 0 Å². The Labute approximate surface area is 150 Å². The van der Waals surface area contributed by atoms with E-state index in [-0.39, 0.29) is 11.6 Å². The molecule has 2 aromatic heterocycles. The molecule has 26 heavy (non-hydrogen) atoms. The number of amides is 1. The van der Waals surface area contributed by atoms with Crippen molar-refractivity contribution >= 4 is 11.7 Å². The van der Waals surface area contributed by atoms with Crippen molar-refractivity contribution in [2.45, 2.75) is 13.2 Å². The van der Waals surface area contributed by atoms with Gasteiger partial charge in [-0.05, 0) is 30.3 Å². The maximum atomic E-state index is 12.8. The van der Waals surface area contributed by atoms with E-state index in [1.807, 2.05) is 36.4 Å². The third-order valence-electron chi connectivity index (χ3n) is 4.09. The topological polar surface area (TPSA) is 84.0 Å². The van der Waals surface area contributed by atoms with Gasteiger partial charge in [-0.1, -0.05) is 24.3 Å². The standard InChI is InChI=1S/C19H15N5O2/c20-12-14-5-4-8-18(21-14)23-9-10-24-17(19(23)25)11-15(22-24)13-26-16-6-2-1-3-7-16/h1-8,11H,9-10,13H2. The molecule has 3 aromatic rings. The molecule has 0 bridgehead atoms. The van der Waals surface area contributed by atoms with Gasteiger partial charge in [0.2, 0.25) is 0 Å². The number of pyridine rings is 1. The van der Waals surface area contributed by atoms with Crippen LogP contribution in [0.25, 0.3) is 0 Å². The van der Waals surface area contributed by atoms with Gasteiger partial charge < -0.3 is 4.74 Å². The van der Waals surface area contributed by atoms with E-state index >= 15 is 0 Å². The van der Waals surface area contributed by atoms with Crippen LogP contribution in [0.15, 0.2) is 54.6 Å². The fraction of sp³-hybridized carbons (Fsp3) is 0.158. The third-order valence-corrected chi connectivity index (χ3v) is 4.09. The zero-order chi connectivity index (χ0) is 17.9. The van der Waals surface area contributed by atoms with Crippen molar-refractivity contribution in [3.63, 3.8) is 0 Å². The molecule has 0 spiro atoms. The fourth-order valence-corrected chi connectivity index (χ4v) is 2.85. The minimum Gasteiger partial charge on any atom is -0.487 e. The fourth-order valence-electron chi connectivity index (χ4n) is 2.85. The quantitative estimate of drug-likeness (QED) is 0.725. The smallest absolute Gasteiger partial charge is 0.277 e. The Morgan fingerprint density at radius 1 is 1.12 bits per heavy atom. The Morgan fingerprint density at radius 3 is 2.77 bits per heavy atom. The monoisotopic (exact) mass is 345 g/mol. The number of hydrogen-bond donors (Lipinski definition) is 0. The highest BCUT2D eigenvalue weighted by molar-refractivity contribution is 6.05. The second-order valence-corrected chi connectivity index (χ2v) is 5.80. The lowest BCUT2D eigenvalue weighted by atomic mass is 10.2.